The third-order valence-corrected chi connectivity index (χ3v) is 6.30. The predicted molar refractivity (Wildman–Crippen MR) is 114 cm³/mol. The average Bonchev–Trinajstić information content (AvgIpc) is 2.91. The zero-order valence-electron chi connectivity index (χ0n) is 17.4. The molecule has 3 heterocycles. The van der Waals surface area contributed by atoms with Gasteiger partial charge in [0.05, 0.1) is 11.2 Å². The van der Waals surface area contributed by atoms with Crippen LogP contribution in [0.2, 0.25) is 0 Å². The van der Waals surface area contributed by atoms with E-state index in [-0.39, 0.29) is 18.3 Å². The van der Waals surface area contributed by atoms with Crippen molar-refractivity contribution in [3.8, 4) is 0 Å². The summed E-state index contributed by atoms with van der Waals surface area (Å²) in [7, 11) is -0.309. The molecule has 0 atom stereocenters. The van der Waals surface area contributed by atoms with Gasteiger partial charge >= 0.3 is 7.12 Å². The largest absolute Gasteiger partial charge is 0.495 e. The fourth-order valence-corrected chi connectivity index (χ4v) is 3.79. The Morgan fingerprint density at radius 3 is 2.18 bits per heavy atom. The van der Waals surface area contributed by atoms with Gasteiger partial charge in [-0.15, -0.1) is 0 Å². The molecule has 148 valence electrons. The monoisotopic (exact) mass is 379 g/mol. The first-order valence-corrected chi connectivity index (χ1v) is 10.2. The maximum absolute atomic E-state index is 6.30. The molecule has 6 heteroatoms. The van der Waals surface area contributed by atoms with Gasteiger partial charge in [0.2, 0.25) is 0 Å². The van der Waals surface area contributed by atoms with Crippen molar-refractivity contribution in [2.24, 2.45) is 0 Å². The zero-order valence-corrected chi connectivity index (χ0v) is 17.4. The molecule has 0 N–H and O–H groups in total. The second kappa shape index (κ2) is 7.50. The Balaban J connectivity index is 1.43. The van der Waals surface area contributed by atoms with E-state index >= 15 is 0 Å². The van der Waals surface area contributed by atoms with Crippen molar-refractivity contribution in [1.82, 2.24) is 9.88 Å². The van der Waals surface area contributed by atoms with Crippen LogP contribution in [0.25, 0.3) is 0 Å². The molecule has 0 amide bonds. The van der Waals surface area contributed by atoms with Gasteiger partial charge in [-0.1, -0.05) is 30.3 Å². The van der Waals surface area contributed by atoms with Crippen LogP contribution in [-0.4, -0.2) is 54.4 Å². The maximum Gasteiger partial charge on any atom is 0.495 e. The molecular weight excluding hydrogens is 349 g/mol. The van der Waals surface area contributed by atoms with Crippen LogP contribution in [0.5, 0.6) is 0 Å². The lowest BCUT2D eigenvalue weighted by atomic mass is 9.76. The molecule has 2 saturated heterocycles. The number of rotatable bonds is 4. The highest BCUT2D eigenvalue weighted by Gasteiger charge is 2.52. The van der Waals surface area contributed by atoms with Gasteiger partial charge < -0.3 is 14.2 Å². The smallest absolute Gasteiger partial charge is 0.399 e. The molecule has 1 aromatic heterocycles. The van der Waals surface area contributed by atoms with Gasteiger partial charge in [-0.05, 0) is 50.9 Å². The van der Waals surface area contributed by atoms with Crippen LogP contribution in [0, 0.1) is 0 Å². The highest BCUT2D eigenvalue weighted by molar-refractivity contribution is 6.62. The van der Waals surface area contributed by atoms with Crippen LogP contribution < -0.4 is 10.4 Å². The standard InChI is InChI=1S/C22H30BN3O2/c1-21(2)22(3,4)28-23(27-21)19-10-6-5-9-18(19)17-25-13-15-26(16-14-25)20-11-7-8-12-24-20/h5-12H,13-17H2,1-4H3. The van der Waals surface area contributed by atoms with Gasteiger partial charge in [-0.3, -0.25) is 4.90 Å². The van der Waals surface area contributed by atoms with Gasteiger partial charge in [0.25, 0.3) is 0 Å². The minimum atomic E-state index is -0.320. The Labute approximate surface area is 168 Å². The number of hydrogen-bond acceptors (Lipinski definition) is 5. The van der Waals surface area contributed by atoms with E-state index in [2.05, 4.69) is 78.9 Å². The normalized spacial score (nSPS) is 21.9. The molecular formula is C22H30BN3O2. The Kier molecular flexibility index (Phi) is 5.21. The zero-order chi connectivity index (χ0) is 19.8. The Morgan fingerprint density at radius 1 is 0.893 bits per heavy atom. The van der Waals surface area contributed by atoms with E-state index in [0.29, 0.717) is 0 Å². The van der Waals surface area contributed by atoms with E-state index in [1.807, 2.05) is 12.3 Å². The Morgan fingerprint density at radius 2 is 1.54 bits per heavy atom. The minimum absolute atomic E-state index is 0.309. The van der Waals surface area contributed by atoms with Gasteiger partial charge in [-0.2, -0.15) is 0 Å². The SMILES string of the molecule is CC1(C)OB(c2ccccc2CN2CCN(c3ccccn3)CC2)OC1(C)C. The first-order valence-electron chi connectivity index (χ1n) is 10.2. The number of anilines is 1. The highest BCUT2D eigenvalue weighted by atomic mass is 16.7. The van der Waals surface area contributed by atoms with Crippen LogP contribution in [0.4, 0.5) is 5.82 Å². The topological polar surface area (TPSA) is 37.8 Å². The quantitative estimate of drug-likeness (QED) is 0.764. The maximum atomic E-state index is 6.30. The van der Waals surface area contributed by atoms with Gasteiger partial charge in [0.15, 0.2) is 0 Å². The number of aromatic nitrogens is 1. The third-order valence-electron chi connectivity index (χ3n) is 6.30. The number of pyridine rings is 1. The van der Waals surface area contributed by atoms with Crippen LogP contribution in [0.15, 0.2) is 48.7 Å². The Hall–Kier alpha value is -1.89. The number of nitrogens with zero attached hydrogens (tertiary/aromatic N) is 3. The summed E-state index contributed by atoms with van der Waals surface area (Å²) in [6.45, 7) is 13.4. The summed E-state index contributed by atoms with van der Waals surface area (Å²) in [5, 5.41) is 0. The van der Waals surface area contributed by atoms with Crippen molar-refractivity contribution < 1.29 is 9.31 Å². The summed E-state index contributed by atoms with van der Waals surface area (Å²) < 4.78 is 12.6. The molecule has 2 fully saturated rings. The average molecular weight is 379 g/mol. The molecule has 0 unspecified atom stereocenters. The summed E-state index contributed by atoms with van der Waals surface area (Å²) >= 11 is 0. The second-order valence-electron chi connectivity index (χ2n) is 8.74. The third kappa shape index (κ3) is 3.82. The summed E-state index contributed by atoms with van der Waals surface area (Å²) in [5.41, 5.74) is 1.79. The van der Waals surface area contributed by atoms with Crippen molar-refractivity contribution in [3.05, 3.63) is 54.2 Å². The molecule has 1 aromatic carbocycles. The van der Waals surface area contributed by atoms with Gasteiger partial charge in [-0.25, -0.2) is 4.98 Å². The summed E-state index contributed by atoms with van der Waals surface area (Å²) in [6, 6.07) is 14.6. The van der Waals surface area contributed by atoms with E-state index < -0.39 is 0 Å². The van der Waals surface area contributed by atoms with Crippen molar-refractivity contribution in [1.29, 1.82) is 0 Å². The van der Waals surface area contributed by atoms with Crippen molar-refractivity contribution in [2.45, 2.75) is 45.4 Å². The predicted octanol–water partition coefficient (Wildman–Crippen LogP) is 2.70. The molecule has 2 aliphatic rings. The minimum Gasteiger partial charge on any atom is -0.399 e. The van der Waals surface area contributed by atoms with Crippen molar-refractivity contribution in [2.75, 3.05) is 31.1 Å². The number of hydrogen-bond donors (Lipinski definition) is 0. The molecule has 0 spiro atoms. The number of piperazine rings is 1. The Bertz CT molecular complexity index is 788. The molecule has 28 heavy (non-hydrogen) atoms. The molecule has 2 aromatic rings. The molecule has 5 nitrogen and oxygen atoms in total. The van der Waals surface area contributed by atoms with Crippen molar-refractivity contribution >= 4 is 18.4 Å². The molecule has 0 saturated carbocycles. The first kappa shape index (κ1) is 19.4. The lowest BCUT2D eigenvalue weighted by Crippen LogP contribution is -2.47. The van der Waals surface area contributed by atoms with Gasteiger partial charge in [0.1, 0.15) is 5.82 Å². The second-order valence-corrected chi connectivity index (χ2v) is 8.74. The lowest BCUT2D eigenvalue weighted by molar-refractivity contribution is 0.00578. The van der Waals surface area contributed by atoms with Crippen LogP contribution in [0.1, 0.15) is 33.3 Å². The highest BCUT2D eigenvalue weighted by Crippen LogP contribution is 2.36. The fourth-order valence-electron chi connectivity index (χ4n) is 3.79. The summed E-state index contributed by atoms with van der Waals surface area (Å²) in [6.07, 6.45) is 1.86. The molecule has 0 radical (unpaired) electrons. The summed E-state index contributed by atoms with van der Waals surface area (Å²) in [5.74, 6) is 1.07. The van der Waals surface area contributed by atoms with Crippen LogP contribution in [-0.2, 0) is 15.9 Å². The summed E-state index contributed by atoms with van der Waals surface area (Å²) in [4.78, 5) is 9.34. The van der Waals surface area contributed by atoms with E-state index in [1.54, 1.807) is 0 Å². The van der Waals surface area contributed by atoms with E-state index in [9.17, 15) is 0 Å². The van der Waals surface area contributed by atoms with Crippen LogP contribution in [0.3, 0.4) is 0 Å². The fraction of sp³-hybridized carbons (Fsp3) is 0.500. The van der Waals surface area contributed by atoms with E-state index in [4.69, 9.17) is 9.31 Å². The lowest BCUT2D eigenvalue weighted by Gasteiger charge is -2.35. The first-order chi connectivity index (χ1) is 13.4. The van der Waals surface area contributed by atoms with Gasteiger partial charge in [0, 0.05) is 38.9 Å². The molecule has 4 rings (SSSR count). The molecule has 2 aliphatic heterocycles. The van der Waals surface area contributed by atoms with E-state index in [0.717, 1.165) is 44.0 Å². The van der Waals surface area contributed by atoms with Crippen molar-refractivity contribution in [3.63, 3.8) is 0 Å². The number of benzene rings is 1. The van der Waals surface area contributed by atoms with Crippen LogP contribution >= 0.6 is 0 Å². The molecule has 0 bridgehead atoms. The molecule has 0 aliphatic carbocycles. The van der Waals surface area contributed by atoms with E-state index in [1.165, 1.54) is 5.56 Å².